The quantitative estimate of drug-likeness (QED) is 0.685. The summed E-state index contributed by atoms with van der Waals surface area (Å²) in [5.74, 6) is -1.59. The summed E-state index contributed by atoms with van der Waals surface area (Å²) in [7, 11) is 0. The zero-order valence-electron chi connectivity index (χ0n) is 9.68. The van der Waals surface area contributed by atoms with E-state index in [1.165, 1.54) is 25.3 Å². The lowest BCUT2D eigenvalue weighted by molar-refractivity contribution is -0.141. The molecule has 0 radical (unpaired) electrons. The maximum atomic E-state index is 11.7. The highest BCUT2D eigenvalue weighted by Gasteiger charge is 2.25. The van der Waals surface area contributed by atoms with Crippen LogP contribution in [-0.4, -0.2) is 39.2 Å². The highest BCUT2D eigenvalue weighted by Crippen LogP contribution is 2.09. The number of carboxylic acid groups (broad SMARTS) is 1. The van der Waals surface area contributed by atoms with Gasteiger partial charge >= 0.3 is 5.97 Å². The number of carboxylic acids is 1. The van der Waals surface area contributed by atoms with Gasteiger partial charge in [-0.1, -0.05) is 11.6 Å². The van der Waals surface area contributed by atoms with Crippen LogP contribution in [0.2, 0.25) is 5.15 Å². The molecule has 1 atom stereocenters. The fourth-order valence-corrected chi connectivity index (χ4v) is 1.48. The van der Waals surface area contributed by atoms with Crippen molar-refractivity contribution < 1.29 is 19.8 Å². The number of pyridine rings is 1. The average molecular weight is 273 g/mol. The SMILES string of the molecule is CC(O)(CNC(=O)c1ccnc(Cl)c1)CC(=O)O. The first-order valence-corrected chi connectivity index (χ1v) is 5.52. The van der Waals surface area contributed by atoms with Gasteiger partial charge in [0.05, 0.1) is 12.0 Å². The molecule has 1 unspecified atom stereocenters. The Morgan fingerprint density at radius 2 is 2.22 bits per heavy atom. The van der Waals surface area contributed by atoms with Gasteiger partial charge < -0.3 is 15.5 Å². The summed E-state index contributed by atoms with van der Waals surface area (Å²) in [6, 6.07) is 2.84. The molecule has 0 aliphatic heterocycles. The van der Waals surface area contributed by atoms with Crippen LogP contribution < -0.4 is 5.32 Å². The van der Waals surface area contributed by atoms with Crippen molar-refractivity contribution in [1.29, 1.82) is 0 Å². The van der Waals surface area contributed by atoms with E-state index in [4.69, 9.17) is 16.7 Å². The van der Waals surface area contributed by atoms with Gasteiger partial charge in [-0.25, -0.2) is 4.98 Å². The van der Waals surface area contributed by atoms with E-state index in [1.807, 2.05) is 0 Å². The number of rotatable bonds is 5. The third-order valence-electron chi connectivity index (χ3n) is 2.15. The van der Waals surface area contributed by atoms with Crippen molar-refractivity contribution in [3.8, 4) is 0 Å². The van der Waals surface area contributed by atoms with Crippen LogP contribution in [-0.2, 0) is 4.79 Å². The second kappa shape index (κ2) is 5.79. The van der Waals surface area contributed by atoms with E-state index >= 15 is 0 Å². The summed E-state index contributed by atoms with van der Waals surface area (Å²) in [5, 5.41) is 20.9. The Hall–Kier alpha value is -1.66. The summed E-state index contributed by atoms with van der Waals surface area (Å²) in [6.45, 7) is 1.17. The topological polar surface area (TPSA) is 99.5 Å². The summed E-state index contributed by atoms with van der Waals surface area (Å²) in [5.41, 5.74) is -1.21. The standard InChI is InChI=1S/C11H13ClN2O4/c1-11(18,5-9(15)16)6-14-10(17)7-2-3-13-8(12)4-7/h2-4,18H,5-6H2,1H3,(H,14,17)(H,15,16). The van der Waals surface area contributed by atoms with E-state index in [0.717, 1.165) is 0 Å². The molecule has 0 saturated carbocycles. The number of nitrogens with one attached hydrogen (secondary N) is 1. The maximum Gasteiger partial charge on any atom is 0.306 e. The highest BCUT2D eigenvalue weighted by atomic mass is 35.5. The zero-order chi connectivity index (χ0) is 13.8. The average Bonchev–Trinajstić information content (AvgIpc) is 2.24. The number of carbonyl (C=O) groups is 2. The lowest BCUT2D eigenvalue weighted by atomic mass is 10.0. The minimum atomic E-state index is -1.50. The van der Waals surface area contributed by atoms with Crippen LogP contribution >= 0.6 is 11.6 Å². The van der Waals surface area contributed by atoms with Gasteiger partial charge in [0.25, 0.3) is 5.91 Å². The maximum absolute atomic E-state index is 11.7. The monoisotopic (exact) mass is 272 g/mol. The van der Waals surface area contributed by atoms with Gasteiger partial charge in [0.1, 0.15) is 5.15 Å². The van der Waals surface area contributed by atoms with Crippen LogP contribution in [0, 0.1) is 0 Å². The molecule has 1 heterocycles. The third kappa shape index (κ3) is 4.68. The van der Waals surface area contributed by atoms with E-state index in [2.05, 4.69) is 10.3 Å². The van der Waals surface area contributed by atoms with Gasteiger partial charge in [0.15, 0.2) is 0 Å². The molecule has 98 valence electrons. The number of aromatic nitrogens is 1. The number of hydrogen-bond donors (Lipinski definition) is 3. The molecule has 1 aromatic heterocycles. The van der Waals surface area contributed by atoms with Gasteiger partial charge in [-0.15, -0.1) is 0 Å². The molecule has 0 bridgehead atoms. The molecule has 0 aliphatic carbocycles. The molecule has 1 rings (SSSR count). The molecule has 0 saturated heterocycles. The van der Waals surface area contributed by atoms with Crippen LogP contribution in [0.15, 0.2) is 18.3 Å². The lowest BCUT2D eigenvalue weighted by Gasteiger charge is -2.21. The molecule has 0 aromatic carbocycles. The first kappa shape index (κ1) is 14.4. The molecule has 7 heteroatoms. The van der Waals surface area contributed by atoms with Crippen molar-refractivity contribution in [2.24, 2.45) is 0 Å². The van der Waals surface area contributed by atoms with Crippen LogP contribution in [0.5, 0.6) is 0 Å². The number of aliphatic carboxylic acids is 1. The molecular weight excluding hydrogens is 260 g/mol. The predicted molar refractivity (Wildman–Crippen MR) is 64.5 cm³/mol. The normalized spacial score (nSPS) is 13.7. The number of aliphatic hydroxyl groups is 1. The molecule has 3 N–H and O–H groups in total. The third-order valence-corrected chi connectivity index (χ3v) is 2.36. The summed E-state index contributed by atoms with van der Waals surface area (Å²) < 4.78 is 0. The molecule has 0 aliphatic rings. The predicted octanol–water partition coefficient (Wildman–Crippen LogP) is 0.691. The summed E-state index contributed by atoms with van der Waals surface area (Å²) in [4.78, 5) is 25.9. The van der Waals surface area contributed by atoms with Crippen molar-refractivity contribution in [3.63, 3.8) is 0 Å². The molecule has 18 heavy (non-hydrogen) atoms. The van der Waals surface area contributed by atoms with E-state index in [-0.39, 0.29) is 11.7 Å². The van der Waals surface area contributed by atoms with Gasteiger partial charge in [-0.05, 0) is 19.1 Å². The first-order valence-electron chi connectivity index (χ1n) is 5.14. The fraction of sp³-hybridized carbons (Fsp3) is 0.364. The largest absolute Gasteiger partial charge is 0.481 e. The van der Waals surface area contributed by atoms with Gasteiger partial charge in [0, 0.05) is 18.3 Å². The Morgan fingerprint density at radius 3 is 2.78 bits per heavy atom. The number of amides is 1. The van der Waals surface area contributed by atoms with Gasteiger partial charge in [-0.3, -0.25) is 9.59 Å². The molecular formula is C11H13ClN2O4. The van der Waals surface area contributed by atoms with Crippen LogP contribution in [0.1, 0.15) is 23.7 Å². The lowest BCUT2D eigenvalue weighted by Crippen LogP contribution is -2.42. The number of nitrogens with zero attached hydrogens (tertiary/aromatic N) is 1. The van der Waals surface area contributed by atoms with Crippen molar-refractivity contribution in [2.45, 2.75) is 18.9 Å². The van der Waals surface area contributed by atoms with Crippen molar-refractivity contribution in [2.75, 3.05) is 6.54 Å². The Balaban J connectivity index is 2.58. The molecule has 6 nitrogen and oxygen atoms in total. The van der Waals surface area contributed by atoms with Crippen LogP contribution in [0.25, 0.3) is 0 Å². The Bertz CT molecular complexity index is 462. The Kier molecular flexibility index (Phi) is 4.63. The van der Waals surface area contributed by atoms with E-state index < -0.39 is 23.9 Å². The van der Waals surface area contributed by atoms with Gasteiger partial charge in [-0.2, -0.15) is 0 Å². The minimum absolute atomic E-state index is 0.169. The number of halogens is 1. The Morgan fingerprint density at radius 1 is 1.56 bits per heavy atom. The molecule has 1 amide bonds. The van der Waals surface area contributed by atoms with Crippen LogP contribution in [0.4, 0.5) is 0 Å². The first-order chi connectivity index (χ1) is 8.30. The van der Waals surface area contributed by atoms with E-state index in [0.29, 0.717) is 5.56 Å². The van der Waals surface area contributed by atoms with Crippen molar-refractivity contribution >= 4 is 23.5 Å². The van der Waals surface area contributed by atoms with Gasteiger partial charge in [0.2, 0.25) is 0 Å². The minimum Gasteiger partial charge on any atom is -0.481 e. The molecule has 1 aromatic rings. The summed E-state index contributed by atoms with van der Waals surface area (Å²) in [6.07, 6.45) is 0.928. The van der Waals surface area contributed by atoms with Crippen LogP contribution in [0.3, 0.4) is 0 Å². The van der Waals surface area contributed by atoms with Crippen molar-refractivity contribution in [3.05, 3.63) is 29.0 Å². The smallest absolute Gasteiger partial charge is 0.306 e. The molecule has 0 fully saturated rings. The highest BCUT2D eigenvalue weighted by molar-refractivity contribution is 6.29. The number of carbonyl (C=O) groups excluding carboxylic acids is 1. The number of hydrogen-bond acceptors (Lipinski definition) is 4. The van der Waals surface area contributed by atoms with E-state index in [1.54, 1.807) is 0 Å². The van der Waals surface area contributed by atoms with Crippen molar-refractivity contribution in [1.82, 2.24) is 10.3 Å². The second-order valence-electron chi connectivity index (χ2n) is 4.12. The summed E-state index contributed by atoms with van der Waals surface area (Å²) >= 11 is 5.63. The van der Waals surface area contributed by atoms with E-state index in [9.17, 15) is 14.7 Å². The fourth-order valence-electron chi connectivity index (χ4n) is 1.30. The Labute approximate surface area is 109 Å². The zero-order valence-corrected chi connectivity index (χ0v) is 10.4. The second-order valence-corrected chi connectivity index (χ2v) is 4.50. The molecule has 0 spiro atoms.